The van der Waals surface area contributed by atoms with Gasteiger partial charge in [0.1, 0.15) is 0 Å². The zero-order chi connectivity index (χ0) is 16.9. The molecule has 126 valence electrons. The zero-order valence-electron chi connectivity index (χ0n) is 12.2. The third-order valence-electron chi connectivity index (χ3n) is 3.10. The van der Waals surface area contributed by atoms with Crippen LogP contribution in [0.15, 0.2) is 24.3 Å². The molecule has 2 rings (SSSR count). The van der Waals surface area contributed by atoms with Crippen molar-refractivity contribution in [2.24, 2.45) is 0 Å². The molecule has 0 spiro atoms. The fourth-order valence-corrected chi connectivity index (χ4v) is 5.66. The van der Waals surface area contributed by atoms with Crippen molar-refractivity contribution in [3.05, 3.63) is 29.3 Å². The van der Waals surface area contributed by atoms with Crippen molar-refractivity contribution in [3.8, 4) is 0 Å². The van der Waals surface area contributed by atoms with Gasteiger partial charge >= 0.3 is 5.97 Å². The van der Waals surface area contributed by atoms with Gasteiger partial charge in [-0.2, -0.15) is 0 Å². The van der Waals surface area contributed by atoms with Crippen molar-refractivity contribution in [2.45, 2.75) is 11.7 Å². The average Bonchev–Trinajstić information content (AvgIpc) is 2.82. The molecule has 1 N–H and O–H groups in total. The first-order valence-electron chi connectivity index (χ1n) is 6.87. The highest BCUT2D eigenvalue weighted by atomic mass is 35.5. The van der Waals surface area contributed by atoms with Gasteiger partial charge in [0.2, 0.25) is 0 Å². The summed E-state index contributed by atoms with van der Waals surface area (Å²) in [6.45, 7) is -0.394. The molecule has 1 amide bonds. The fourth-order valence-electron chi connectivity index (χ4n) is 2.03. The maximum absolute atomic E-state index is 11.7. The van der Waals surface area contributed by atoms with Crippen LogP contribution in [0, 0.1) is 0 Å². The quantitative estimate of drug-likeness (QED) is 0.759. The van der Waals surface area contributed by atoms with Gasteiger partial charge in [0.05, 0.1) is 17.3 Å². The van der Waals surface area contributed by atoms with Gasteiger partial charge in [-0.05, 0) is 24.6 Å². The van der Waals surface area contributed by atoms with Gasteiger partial charge in [-0.3, -0.25) is 9.59 Å². The molecular formula is C14H16ClNO5S2. The van der Waals surface area contributed by atoms with Gasteiger partial charge < -0.3 is 10.1 Å². The number of nitrogens with one attached hydrogen (secondary N) is 1. The molecule has 0 saturated carbocycles. The largest absolute Gasteiger partial charge is 0.455 e. The van der Waals surface area contributed by atoms with E-state index in [9.17, 15) is 18.0 Å². The number of carbonyl (C=O) groups excluding carboxylic acids is 2. The molecule has 1 aliphatic rings. The van der Waals surface area contributed by atoms with Crippen LogP contribution in [0.25, 0.3) is 0 Å². The molecule has 1 aromatic rings. The summed E-state index contributed by atoms with van der Waals surface area (Å²) in [6.07, 6.45) is 0.551. The van der Waals surface area contributed by atoms with Gasteiger partial charge in [0.15, 0.2) is 16.4 Å². The Labute approximate surface area is 143 Å². The van der Waals surface area contributed by atoms with E-state index in [0.29, 0.717) is 17.1 Å². The normalized spacial score (nSPS) is 19.3. The summed E-state index contributed by atoms with van der Waals surface area (Å²) in [4.78, 5) is 23.2. The SMILES string of the molecule is O=C(COC(=O)CS[C@@H]1CCS(=O)(=O)C1)Nc1cccc(Cl)c1. The van der Waals surface area contributed by atoms with Crippen LogP contribution in [0.1, 0.15) is 6.42 Å². The van der Waals surface area contributed by atoms with Crippen LogP contribution in [0.2, 0.25) is 5.02 Å². The van der Waals surface area contributed by atoms with Crippen LogP contribution in [-0.2, 0) is 24.2 Å². The Kier molecular flexibility index (Phi) is 6.32. The molecule has 23 heavy (non-hydrogen) atoms. The Balaban J connectivity index is 1.67. The number of halogens is 1. The molecule has 1 heterocycles. The van der Waals surface area contributed by atoms with E-state index in [1.165, 1.54) is 11.8 Å². The van der Waals surface area contributed by atoms with Gasteiger partial charge in [-0.1, -0.05) is 17.7 Å². The highest BCUT2D eigenvalue weighted by Crippen LogP contribution is 2.24. The van der Waals surface area contributed by atoms with E-state index >= 15 is 0 Å². The predicted octanol–water partition coefficient (Wildman–Crippen LogP) is 1.74. The van der Waals surface area contributed by atoms with Gasteiger partial charge in [0.25, 0.3) is 5.91 Å². The molecular weight excluding hydrogens is 362 g/mol. The number of sulfone groups is 1. The molecule has 0 unspecified atom stereocenters. The average molecular weight is 378 g/mol. The zero-order valence-corrected chi connectivity index (χ0v) is 14.5. The van der Waals surface area contributed by atoms with Crippen LogP contribution in [0.4, 0.5) is 5.69 Å². The summed E-state index contributed by atoms with van der Waals surface area (Å²) in [5.41, 5.74) is 0.518. The molecule has 0 radical (unpaired) electrons. The molecule has 0 bridgehead atoms. The lowest BCUT2D eigenvalue weighted by molar-refractivity contribution is -0.144. The van der Waals surface area contributed by atoms with E-state index in [-0.39, 0.29) is 22.5 Å². The number of benzene rings is 1. The summed E-state index contributed by atoms with van der Waals surface area (Å²) in [7, 11) is -2.96. The number of amides is 1. The molecule has 6 nitrogen and oxygen atoms in total. The second-order valence-electron chi connectivity index (χ2n) is 5.06. The second-order valence-corrected chi connectivity index (χ2v) is 9.01. The van der Waals surface area contributed by atoms with Crippen molar-refractivity contribution in [1.29, 1.82) is 0 Å². The predicted molar refractivity (Wildman–Crippen MR) is 90.6 cm³/mol. The monoisotopic (exact) mass is 377 g/mol. The fraction of sp³-hybridized carbons (Fsp3) is 0.429. The Bertz CT molecular complexity index is 692. The summed E-state index contributed by atoms with van der Waals surface area (Å²) >= 11 is 7.05. The van der Waals surface area contributed by atoms with Crippen molar-refractivity contribution >= 4 is 50.8 Å². The molecule has 1 fully saturated rings. The topological polar surface area (TPSA) is 89.5 Å². The Morgan fingerprint density at radius 3 is 2.83 bits per heavy atom. The maximum atomic E-state index is 11.7. The second kappa shape index (κ2) is 8.03. The standard InChI is InChI=1S/C14H16ClNO5S2/c15-10-2-1-3-11(6-10)16-13(17)7-21-14(18)8-22-12-4-5-23(19,20)9-12/h1-3,6,12H,4-5,7-9H2,(H,16,17)/t12-/m1/s1. The molecule has 0 aromatic heterocycles. The summed E-state index contributed by atoms with van der Waals surface area (Å²) in [5.74, 6) is -0.707. The minimum absolute atomic E-state index is 0.0324. The number of ether oxygens (including phenoxy) is 1. The van der Waals surface area contributed by atoms with Gasteiger partial charge in [-0.25, -0.2) is 8.42 Å². The van der Waals surface area contributed by atoms with Crippen LogP contribution < -0.4 is 5.32 Å². The van der Waals surface area contributed by atoms with Crippen LogP contribution >= 0.6 is 23.4 Å². The molecule has 1 aliphatic heterocycles. The van der Waals surface area contributed by atoms with Gasteiger partial charge in [-0.15, -0.1) is 11.8 Å². The molecule has 1 atom stereocenters. The number of hydrogen-bond acceptors (Lipinski definition) is 6. The summed E-state index contributed by atoms with van der Waals surface area (Å²) in [6, 6.07) is 6.62. The van der Waals surface area contributed by atoms with Gasteiger partial charge in [0, 0.05) is 16.0 Å². The number of esters is 1. The van der Waals surface area contributed by atoms with Crippen molar-refractivity contribution in [3.63, 3.8) is 0 Å². The van der Waals surface area contributed by atoms with E-state index in [1.807, 2.05) is 0 Å². The minimum atomic E-state index is -2.96. The first kappa shape index (κ1) is 18.1. The smallest absolute Gasteiger partial charge is 0.316 e. The van der Waals surface area contributed by atoms with E-state index < -0.39 is 28.3 Å². The lowest BCUT2D eigenvalue weighted by Gasteiger charge is -2.08. The summed E-state index contributed by atoms with van der Waals surface area (Å²) in [5, 5.41) is 2.97. The third kappa shape index (κ3) is 6.40. The number of carbonyl (C=O) groups is 2. The molecule has 1 aromatic carbocycles. The Morgan fingerprint density at radius 1 is 1.39 bits per heavy atom. The molecule has 1 saturated heterocycles. The lowest BCUT2D eigenvalue weighted by Crippen LogP contribution is -2.22. The number of hydrogen-bond donors (Lipinski definition) is 1. The Morgan fingerprint density at radius 2 is 2.17 bits per heavy atom. The van der Waals surface area contributed by atoms with Crippen molar-refractivity contribution in [1.82, 2.24) is 0 Å². The number of anilines is 1. The minimum Gasteiger partial charge on any atom is -0.455 e. The van der Waals surface area contributed by atoms with E-state index in [4.69, 9.17) is 16.3 Å². The van der Waals surface area contributed by atoms with Crippen molar-refractivity contribution in [2.75, 3.05) is 29.2 Å². The number of thioether (sulfide) groups is 1. The van der Waals surface area contributed by atoms with Crippen LogP contribution in [0.5, 0.6) is 0 Å². The lowest BCUT2D eigenvalue weighted by atomic mass is 10.3. The third-order valence-corrected chi connectivity index (χ3v) is 6.59. The summed E-state index contributed by atoms with van der Waals surface area (Å²) < 4.78 is 27.5. The highest BCUT2D eigenvalue weighted by molar-refractivity contribution is 8.02. The Hall–Kier alpha value is -1.25. The maximum Gasteiger partial charge on any atom is 0.316 e. The van der Waals surface area contributed by atoms with Crippen LogP contribution in [0.3, 0.4) is 0 Å². The molecule has 9 heteroatoms. The highest BCUT2D eigenvalue weighted by Gasteiger charge is 2.28. The molecule has 0 aliphatic carbocycles. The van der Waals surface area contributed by atoms with Crippen LogP contribution in [-0.4, -0.2) is 49.4 Å². The van der Waals surface area contributed by atoms with E-state index in [1.54, 1.807) is 24.3 Å². The van der Waals surface area contributed by atoms with E-state index in [2.05, 4.69) is 5.32 Å². The first-order chi connectivity index (χ1) is 10.8. The van der Waals surface area contributed by atoms with Crippen molar-refractivity contribution < 1.29 is 22.7 Å². The number of rotatable bonds is 6. The first-order valence-corrected chi connectivity index (χ1v) is 10.1. The van der Waals surface area contributed by atoms with E-state index in [0.717, 1.165) is 0 Å².